The number of benzene rings is 2. The molecular formula is C20H25Cl2N3O. The van der Waals surface area contributed by atoms with Gasteiger partial charge in [-0.3, -0.25) is 10.3 Å². The molecule has 0 radical (unpaired) electrons. The van der Waals surface area contributed by atoms with Crippen LogP contribution < -0.4 is 0 Å². The summed E-state index contributed by atoms with van der Waals surface area (Å²) in [5.41, 5.74) is 2.45. The molecule has 1 N–H and O–H groups in total. The molecule has 0 unspecified atom stereocenters. The summed E-state index contributed by atoms with van der Waals surface area (Å²) < 4.78 is 3.19. The minimum atomic E-state index is 0.662. The number of nitrogens with zero attached hydrogens (tertiary/aromatic N) is 2. The van der Waals surface area contributed by atoms with E-state index >= 15 is 0 Å². The first-order valence-electron chi connectivity index (χ1n) is 8.79. The number of rotatable bonds is 5. The SMILES string of the molecule is ClOCl.N=C(c1ccccc1)N1CCN(CCCc2ccccc2)CC1. The fourth-order valence-electron chi connectivity index (χ4n) is 3.13. The lowest BCUT2D eigenvalue weighted by Crippen LogP contribution is -2.48. The molecule has 1 aliphatic heterocycles. The van der Waals surface area contributed by atoms with Gasteiger partial charge >= 0.3 is 0 Å². The van der Waals surface area contributed by atoms with E-state index in [4.69, 9.17) is 5.41 Å². The average molecular weight is 394 g/mol. The first kappa shape index (κ1) is 20.7. The number of hydrogen-bond acceptors (Lipinski definition) is 3. The maximum Gasteiger partial charge on any atom is 0.128 e. The third-order valence-electron chi connectivity index (χ3n) is 4.52. The highest BCUT2D eigenvalue weighted by Crippen LogP contribution is 2.10. The molecule has 6 heteroatoms. The Kier molecular flexibility index (Phi) is 9.50. The summed E-state index contributed by atoms with van der Waals surface area (Å²) in [6, 6.07) is 20.8. The number of halogens is 2. The minimum Gasteiger partial charge on any atom is -0.354 e. The van der Waals surface area contributed by atoms with E-state index in [9.17, 15) is 0 Å². The van der Waals surface area contributed by atoms with Crippen LogP contribution in [0.1, 0.15) is 17.5 Å². The van der Waals surface area contributed by atoms with Crippen molar-refractivity contribution in [3.8, 4) is 0 Å². The Balaban J connectivity index is 0.000000758. The van der Waals surface area contributed by atoms with Gasteiger partial charge in [0.1, 0.15) is 5.84 Å². The molecule has 1 heterocycles. The van der Waals surface area contributed by atoms with E-state index in [-0.39, 0.29) is 0 Å². The highest BCUT2D eigenvalue weighted by molar-refractivity contribution is 6.24. The molecular weight excluding hydrogens is 369 g/mol. The smallest absolute Gasteiger partial charge is 0.128 e. The van der Waals surface area contributed by atoms with Gasteiger partial charge in [0.2, 0.25) is 0 Å². The molecule has 1 aliphatic rings. The zero-order chi connectivity index (χ0) is 18.6. The van der Waals surface area contributed by atoms with Crippen LogP contribution in [0.3, 0.4) is 0 Å². The van der Waals surface area contributed by atoms with Crippen molar-refractivity contribution in [3.63, 3.8) is 0 Å². The van der Waals surface area contributed by atoms with Gasteiger partial charge in [0.05, 0.1) is 23.7 Å². The third-order valence-corrected chi connectivity index (χ3v) is 4.52. The lowest BCUT2D eigenvalue weighted by Gasteiger charge is -2.36. The van der Waals surface area contributed by atoms with Crippen molar-refractivity contribution in [2.24, 2.45) is 0 Å². The lowest BCUT2D eigenvalue weighted by atomic mass is 10.1. The molecule has 0 aliphatic carbocycles. The highest BCUT2D eigenvalue weighted by atomic mass is 35.6. The van der Waals surface area contributed by atoms with E-state index in [1.54, 1.807) is 0 Å². The molecule has 1 fully saturated rings. The molecule has 2 aromatic carbocycles. The van der Waals surface area contributed by atoms with E-state index in [1.807, 2.05) is 30.3 Å². The molecule has 3 rings (SSSR count). The van der Waals surface area contributed by atoms with Crippen molar-refractivity contribution in [3.05, 3.63) is 71.8 Å². The molecule has 0 bridgehead atoms. The molecule has 4 nitrogen and oxygen atoms in total. The van der Waals surface area contributed by atoms with Crippen molar-refractivity contribution < 1.29 is 3.84 Å². The summed E-state index contributed by atoms with van der Waals surface area (Å²) in [5, 5.41) is 8.35. The molecule has 2 aromatic rings. The van der Waals surface area contributed by atoms with E-state index in [2.05, 4.69) is 67.7 Å². The normalized spacial score (nSPS) is 14.5. The monoisotopic (exact) mass is 393 g/mol. The van der Waals surface area contributed by atoms with Crippen LogP contribution in [0, 0.1) is 5.41 Å². The summed E-state index contributed by atoms with van der Waals surface area (Å²) in [5.74, 6) is 0.662. The second kappa shape index (κ2) is 11.9. The van der Waals surface area contributed by atoms with Crippen molar-refractivity contribution in [1.29, 1.82) is 5.41 Å². The summed E-state index contributed by atoms with van der Waals surface area (Å²) in [7, 11) is 0. The van der Waals surface area contributed by atoms with Gasteiger partial charge in [0.15, 0.2) is 0 Å². The van der Waals surface area contributed by atoms with Gasteiger partial charge in [-0.05, 0) is 24.9 Å². The number of amidine groups is 1. The maximum atomic E-state index is 8.35. The van der Waals surface area contributed by atoms with Crippen LogP contribution in [-0.2, 0) is 10.3 Å². The predicted octanol–water partition coefficient (Wildman–Crippen LogP) is 4.57. The first-order valence-corrected chi connectivity index (χ1v) is 9.41. The summed E-state index contributed by atoms with van der Waals surface area (Å²) in [4.78, 5) is 4.72. The lowest BCUT2D eigenvalue weighted by molar-refractivity contribution is 0.180. The number of aryl methyl sites for hydroxylation is 1. The molecule has 0 amide bonds. The average Bonchev–Trinajstić information content (AvgIpc) is 2.70. The van der Waals surface area contributed by atoms with E-state index in [0.29, 0.717) is 5.84 Å². The summed E-state index contributed by atoms with van der Waals surface area (Å²) in [6.45, 7) is 5.19. The Labute approximate surface area is 166 Å². The molecule has 140 valence electrons. The Morgan fingerprint density at radius 3 is 2.00 bits per heavy atom. The second-order valence-corrected chi connectivity index (χ2v) is 6.66. The molecule has 0 spiro atoms. The number of piperazine rings is 1. The molecule has 0 aromatic heterocycles. The molecule has 1 saturated heterocycles. The van der Waals surface area contributed by atoms with Crippen molar-refractivity contribution in [2.45, 2.75) is 12.8 Å². The zero-order valence-electron chi connectivity index (χ0n) is 14.8. The number of hydrogen-bond donors (Lipinski definition) is 1. The van der Waals surface area contributed by atoms with Crippen LogP contribution in [0.15, 0.2) is 60.7 Å². The van der Waals surface area contributed by atoms with Gasteiger partial charge in [-0.2, -0.15) is 3.84 Å². The number of nitrogens with one attached hydrogen (secondary N) is 1. The van der Waals surface area contributed by atoms with Crippen molar-refractivity contribution in [1.82, 2.24) is 9.80 Å². The van der Waals surface area contributed by atoms with Crippen LogP contribution in [-0.4, -0.2) is 48.4 Å². The van der Waals surface area contributed by atoms with Gasteiger partial charge in [-0.25, -0.2) is 0 Å². The van der Waals surface area contributed by atoms with E-state index < -0.39 is 0 Å². The topological polar surface area (TPSA) is 39.6 Å². The van der Waals surface area contributed by atoms with Crippen molar-refractivity contribution >= 4 is 29.6 Å². The summed E-state index contributed by atoms with van der Waals surface area (Å²) >= 11 is 8.53. The Morgan fingerprint density at radius 1 is 0.885 bits per heavy atom. The first-order chi connectivity index (χ1) is 12.7. The van der Waals surface area contributed by atoms with Crippen LogP contribution in [0.4, 0.5) is 0 Å². The Bertz CT molecular complexity index is 632. The highest BCUT2D eigenvalue weighted by Gasteiger charge is 2.19. The van der Waals surface area contributed by atoms with Crippen LogP contribution in [0.2, 0.25) is 0 Å². The van der Waals surface area contributed by atoms with E-state index in [0.717, 1.165) is 44.7 Å². The van der Waals surface area contributed by atoms with Gasteiger partial charge in [-0.1, -0.05) is 60.7 Å². The van der Waals surface area contributed by atoms with Gasteiger partial charge in [0.25, 0.3) is 0 Å². The maximum absolute atomic E-state index is 8.35. The zero-order valence-corrected chi connectivity index (χ0v) is 16.3. The summed E-state index contributed by atoms with van der Waals surface area (Å²) in [6.07, 6.45) is 2.36. The van der Waals surface area contributed by atoms with Gasteiger partial charge in [-0.15, -0.1) is 0 Å². The van der Waals surface area contributed by atoms with Crippen LogP contribution >= 0.6 is 23.7 Å². The largest absolute Gasteiger partial charge is 0.354 e. The molecule has 0 saturated carbocycles. The fourth-order valence-corrected chi connectivity index (χ4v) is 3.13. The van der Waals surface area contributed by atoms with Crippen LogP contribution in [0.25, 0.3) is 0 Å². The Morgan fingerprint density at radius 2 is 1.42 bits per heavy atom. The van der Waals surface area contributed by atoms with Crippen molar-refractivity contribution in [2.75, 3.05) is 32.7 Å². The van der Waals surface area contributed by atoms with Gasteiger partial charge < -0.3 is 4.90 Å². The quantitative estimate of drug-likeness (QED) is 0.596. The van der Waals surface area contributed by atoms with Crippen LogP contribution in [0.5, 0.6) is 0 Å². The third kappa shape index (κ3) is 6.96. The molecule has 26 heavy (non-hydrogen) atoms. The predicted molar refractivity (Wildman–Crippen MR) is 109 cm³/mol. The second-order valence-electron chi connectivity index (χ2n) is 6.19. The Hall–Kier alpha value is -1.59. The molecule has 0 atom stereocenters. The fraction of sp³-hybridized carbons (Fsp3) is 0.350. The standard InChI is InChI=1S/C20H25N3.Cl2O/c21-20(19-11-5-2-6-12-19)23-16-14-22(15-17-23)13-7-10-18-8-3-1-4-9-18;1-3-2/h1-6,8-9,11-12,21H,7,10,13-17H2;. The minimum absolute atomic E-state index is 0.662. The van der Waals surface area contributed by atoms with Gasteiger partial charge in [0, 0.05) is 31.7 Å². The van der Waals surface area contributed by atoms with E-state index in [1.165, 1.54) is 12.0 Å².